The first-order valence-electron chi connectivity index (χ1n) is 14.2. The number of tetrazole rings is 1. The Balaban J connectivity index is 1.24. The molecule has 0 bridgehead atoms. The van der Waals surface area contributed by atoms with E-state index in [1.54, 1.807) is 14.2 Å². The van der Waals surface area contributed by atoms with E-state index in [0.717, 1.165) is 61.1 Å². The van der Waals surface area contributed by atoms with Gasteiger partial charge in [-0.3, -0.25) is 9.69 Å². The van der Waals surface area contributed by atoms with Crippen LogP contribution in [-0.4, -0.2) is 81.5 Å². The second kappa shape index (κ2) is 12.4. The van der Waals surface area contributed by atoms with Gasteiger partial charge in [0.1, 0.15) is 0 Å². The van der Waals surface area contributed by atoms with Gasteiger partial charge in [0.05, 0.1) is 31.2 Å². The van der Waals surface area contributed by atoms with Crippen LogP contribution in [0.1, 0.15) is 61.1 Å². The van der Waals surface area contributed by atoms with Crippen molar-refractivity contribution in [3.05, 3.63) is 70.4 Å². The molecular weight excluding hydrogens is 538 g/mol. The van der Waals surface area contributed by atoms with Crippen LogP contribution in [0.5, 0.6) is 11.5 Å². The monoisotopic (exact) mass is 573 g/mol. The molecule has 1 saturated heterocycles. The number of rotatable bonds is 7. The molecule has 3 heterocycles. The van der Waals surface area contributed by atoms with Gasteiger partial charge in [-0.1, -0.05) is 55.7 Å². The third-order valence-corrected chi connectivity index (χ3v) is 9.11. The van der Waals surface area contributed by atoms with Crippen LogP contribution in [0.4, 0.5) is 0 Å². The summed E-state index contributed by atoms with van der Waals surface area (Å²) in [5.74, 6) is 2.05. The molecule has 1 aliphatic carbocycles. The van der Waals surface area contributed by atoms with Crippen LogP contribution in [-0.2, 0) is 4.79 Å². The number of amidine groups is 1. The molecule has 3 aliphatic rings. The van der Waals surface area contributed by atoms with E-state index < -0.39 is 0 Å². The van der Waals surface area contributed by atoms with Crippen molar-refractivity contribution in [2.24, 2.45) is 4.99 Å². The van der Waals surface area contributed by atoms with Crippen molar-refractivity contribution in [3.63, 3.8) is 0 Å². The molecule has 11 heteroatoms. The van der Waals surface area contributed by atoms with Gasteiger partial charge in [0.25, 0.3) is 5.91 Å². The van der Waals surface area contributed by atoms with E-state index >= 15 is 0 Å². The Morgan fingerprint density at radius 3 is 2.44 bits per heavy atom. The van der Waals surface area contributed by atoms with Crippen molar-refractivity contribution >= 4 is 28.9 Å². The van der Waals surface area contributed by atoms with Crippen molar-refractivity contribution < 1.29 is 14.3 Å². The number of methoxy groups -OCH3 is 2. The van der Waals surface area contributed by atoms with Gasteiger partial charge in [0, 0.05) is 26.2 Å². The van der Waals surface area contributed by atoms with Crippen LogP contribution in [0, 0.1) is 0 Å². The lowest BCUT2D eigenvalue weighted by molar-refractivity contribution is -0.113. The fourth-order valence-electron chi connectivity index (χ4n) is 5.92. The molecule has 214 valence electrons. The van der Waals surface area contributed by atoms with Gasteiger partial charge in [-0.15, -0.1) is 5.10 Å². The van der Waals surface area contributed by atoms with Crippen LogP contribution in [0.25, 0.3) is 6.08 Å². The van der Waals surface area contributed by atoms with Crippen molar-refractivity contribution in [2.75, 3.05) is 40.4 Å². The SMILES string of the molecule is COc1ccc(C(c2nnnn2C2CCCCC2)N2CCN(C3=NC(=O)/C(=C/c4ccccc4)S3)CC2)cc1OC. The standard InChI is InChI=1S/C30H35N7O3S/c1-39-24-14-13-22(20-25(24)40-2)27(28-32-33-34-37(28)23-11-7-4-8-12-23)35-15-17-36(18-16-35)30-31-29(38)26(41-30)19-21-9-5-3-6-10-21/h3,5-6,9-10,13-14,19-20,23,27H,4,7-8,11-12,15-18H2,1-2H3/b26-19-. The highest BCUT2D eigenvalue weighted by Gasteiger charge is 2.35. The number of benzene rings is 2. The number of nitrogens with zero attached hydrogens (tertiary/aromatic N) is 7. The molecule has 1 atom stereocenters. The number of carbonyl (C=O) groups is 1. The van der Waals surface area contributed by atoms with Gasteiger partial charge in [-0.25, -0.2) is 4.68 Å². The molecule has 0 spiro atoms. The van der Waals surface area contributed by atoms with Crippen molar-refractivity contribution in [1.82, 2.24) is 30.0 Å². The highest BCUT2D eigenvalue weighted by molar-refractivity contribution is 8.18. The van der Waals surface area contributed by atoms with Gasteiger partial charge >= 0.3 is 0 Å². The normalized spacial score (nSPS) is 20.3. The summed E-state index contributed by atoms with van der Waals surface area (Å²) in [5.41, 5.74) is 2.05. The Bertz CT molecular complexity index is 1430. The lowest BCUT2D eigenvalue weighted by Crippen LogP contribution is -2.49. The van der Waals surface area contributed by atoms with Crippen molar-refractivity contribution in [3.8, 4) is 11.5 Å². The molecule has 2 aromatic carbocycles. The minimum absolute atomic E-state index is 0.151. The van der Waals surface area contributed by atoms with E-state index in [2.05, 4.69) is 41.1 Å². The first-order valence-corrected chi connectivity index (χ1v) is 15.0. The zero-order chi connectivity index (χ0) is 28.2. The summed E-state index contributed by atoms with van der Waals surface area (Å²) in [5, 5.41) is 14.0. The number of hydrogen-bond acceptors (Lipinski definition) is 9. The quantitative estimate of drug-likeness (QED) is 0.377. The summed E-state index contributed by atoms with van der Waals surface area (Å²) < 4.78 is 13.2. The van der Waals surface area contributed by atoms with Crippen LogP contribution in [0.2, 0.25) is 0 Å². The van der Waals surface area contributed by atoms with Crippen molar-refractivity contribution in [2.45, 2.75) is 44.2 Å². The average molecular weight is 574 g/mol. The Hall–Kier alpha value is -3.70. The number of aromatic nitrogens is 4. The number of thioether (sulfide) groups is 1. The zero-order valence-corrected chi connectivity index (χ0v) is 24.3. The van der Waals surface area contributed by atoms with E-state index in [4.69, 9.17) is 9.47 Å². The van der Waals surface area contributed by atoms with Crippen molar-refractivity contribution in [1.29, 1.82) is 0 Å². The third-order valence-electron chi connectivity index (χ3n) is 8.06. The topological polar surface area (TPSA) is 98.0 Å². The molecule has 10 nitrogen and oxygen atoms in total. The van der Waals surface area contributed by atoms with Gasteiger partial charge in [-0.2, -0.15) is 4.99 Å². The lowest BCUT2D eigenvalue weighted by Gasteiger charge is -2.39. The van der Waals surface area contributed by atoms with Gasteiger partial charge in [0.2, 0.25) is 0 Å². The molecule has 1 unspecified atom stereocenters. The van der Waals surface area contributed by atoms with E-state index in [9.17, 15) is 4.79 Å². The van der Waals surface area contributed by atoms with E-state index in [1.165, 1.54) is 31.0 Å². The molecule has 1 saturated carbocycles. The van der Waals surface area contributed by atoms with Gasteiger partial charge in [0.15, 0.2) is 22.5 Å². The molecule has 0 radical (unpaired) electrons. The molecule has 2 fully saturated rings. The predicted molar refractivity (Wildman–Crippen MR) is 159 cm³/mol. The highest BCUT2D eigenvalue weighted by Crippen LogP contribution is 2.38. The lowest BCUT2D eigenvalue weighted by atomic mass is 9.95. The smallest absolute Gasteiger partial charge is 0.286 e. The molecule has 0 N–H and O–H groups in total. The minimum atomic E-state index is -0.175. The van der Waals surface area contributed by atoms with Crippen LogP contribution in [0.3, 0.4) is 0 Å². The maximum absolute atomic E-state index is 12.7. The third kappa shape index (κ3) is 5.87. The minimum Gasteiger partial charge on any atom is -0.493 e. The van der Waals surface area contributed by atoms with E-state index in [-0.39, 0.29) is 11.9 Å². The van der Waals surface area contributed by atoms with Crippen LogP contribution < -0.4 is 9.47 Å². The number of hydrogen-bond donors (Lipinski definition) is 0. The Labute approximate surface area is 244 Å². The summed E-state index contributed by atoms with van der Waals surface area (Å²) in [6, 6.07) is 16.1. The Kier molecular flexibility index (Phi) is 8.33. The molecule has 2 aliphatic heterocycles. The second-order valence-corrected chi connectivity index (χ2v) is 11.5. The summed E-state index contributed by atoms with van der Waals surface area (Å²) in [4.78, 5) is 22.4. The maximum atomic E-state index is 12.7. The molecular formula is C30H35N7O3S. The van der Waals surface area contributed by atoms with E-state index in [0.29, 0.717) is 22.4 Å². The number of carbonyl (C=O) groups excluding carboxylic acids is 1. The Morgan fingerprint density at radius 1 is 0.951 bits per heavy atom. The van der Waals surface area contributed by atoms with Crippen LogP contribution in [0.15, 0.2) is 58.4 Å². The average Bonchev–Trinajstić information content (AvgIpc) is 3.65. The molecule has 3 aromatic rings. The van der Waals surface area contributed by atoms with E-state index in [1.807, 2.05) is 48.5 Å². The zero-order valence-electron chi connectivity index (χ0n) is 23.5. The summed E-state index contributed by atoms with van der Waals surface area (Å²) in [6.45, 7) is 3.02. The summed E-state index contributed by atoms with van der Waals surface area (Å²) in [6.07, 6.45) is 7.76. The van der Waals surface area contributed by atoms with Crippen LogP contribution >= 0.6 is 11.8 Å². The largest absolute Gasteiger partial charge is 0.493 e. The van der Waals surface area contributed by atoms with Gasteiger partial charge in [-0.05, 0) is 64.4 Å². The predicted octanol–water partition coefficient (Wildman–Crippen LogP) is 4.57. The second-order valence-electron chi connectivity index (χ2n) is 10.5. The fourth-order valence-corrected chi connectivity index (χ4v) is 6.88. The maximum Gasteiger partial charge on any atom is 0.286 e. The fraction of sp³-hybridized carbons (Fsp3) is 0.433. The number of ether oxygens (including phenoxy) is 2. The summed E-state index contributed by atoms with van der Waals surface area (Å²) in [7, 11) is 3.30. The number of piperazine rings is 1. The van der Waals surface area contributed by atoms with Gasteiger partial charge < -0.3 is 14.4 Å². The number of amides is 1. The number of aliphatic imine (C=N–C) groups is 1. The summed E-state index contributed by atoms with van der Waals surface area (Å²) >= 11 is 1.46. The molecule has 1 aromatic heterocycles. The molecule has 6 rings (SSSR count). The molecule has 1 amide bonds. The highest BCUT2D eigenvalue weighted by atomic mass is 32.2. The Morgan fingerprint density at radius 2 is 1.71 bits per heavy atom. The first-order chi connectivity index (χ1) is 20.1. The molecule has 41 heavy (non-hydrogen) atoms. The first kappa shape index (κ1) is 27.5.